The van der Waals surface area contributed by atoms with Crippen molar-refractivity contribution in [1.29, 1.82) is 0 Å². The number of fused-ring (bicyclic) bond motifs is 1. The summed E-state index contributed by atoms with van der Waals surface area (Å²) in [6.45, 7) is 0.367. The van der Waals surface area contributed by atoms with Crippen molar-refractivity contribution >= 4 is 56.6 Å². The fraction of sp³-hybridized carbons (Fsp3) is 0.0952. The minimum atomic E-state index is -0.312. The first-order valence-corrected chi connectivity index (χ1v) is 10.9. The number of hydrogen-bond acceptors (Lipinski definition) is 6. The Balaban J connectivity index is 1.31. The quantitative estimate of drug-likeness (QED) is 0.355. The van der Waals surface area contributed by atoms with Crippen LogP contribution in [0.25, 0.3) is 10.2 Å². The number of carbonyl (C=O) groups excluding carboxylic acids is 2. The number of nitrogens with one attached hydrogen (secondary N) is 3. The Morgan fingerprint density at radius 1 is 1.00 bits per heavy atom. The maximum absolute atomic E-state index is 12.2. The number of furan rings is 1. The van der Waals surface area contributed by atoms with E-state index in [9.17, 15) is 9.59 Å². The number of thiazole rings is 1. The van der Waals surface area contributed by atoms with Crippen molar-refractivity contribution < 1.29 is 14.0 Å². The molecule has 3 amide bonds. The van der Waals surface area contributed by atoms with Gasteiger partial charge < -0.3 is 20.4 Å². The second-order valence-corrected chi connectivity index (χ2v) is 8.51. The van der Waals surface area contributed by atoms with E-state index in [2.05, 4.69) is 20.9 Å². The van der Waals surface area contributed by atoms with Crippen LogP contribution in [-0.2, 0) is 11.3 Å². The molecule has 0 aliphatic rings. The molecule has 4 aromatic rings. The van der Waals surface area contributed by atoms with Crippen LogP contribution in [-0.4, -0.2) is 22.7 Å². The first kappa shape index (κ1) is 20.0. The number of para-hydroxylation sites is 1. The van der Waals surface area contributed by atoms with Gasteiger partial charge in [-0.2, -0.15) is 0 Å². The molecule has 9 heteroatoms. The van der Waals surface area contributed by atoms with Crippen LogP contribution in [0.2, 0.25) is 0 Å². The maximum atomic E-state index is 12.2. The molecule has 0 radical (unpaired) electrons. The summed E-state index contributed by atoms with van der Waals surface area (Å²) in [5.41, 5.74) is 2.22. The summed E-state index contributed by atoms with van der Waals surface area (Å²) in [6, 6.07) is 18.1. The molecule has 0 bridgehead atoms. The lowest BCUT2D eigenvalue weighted by atomic mass is 10.3. The summed E-state index contributed by atoms with van der Waals surface area (Å²) in [5, 5.41) is 8.41. The zero-order chi connectivity index (χ0) is 20.8. The Bertz CT molecular complexity index is 1140. The number of urea groups is 1. The second kappa shape index (κ2) is 9.47. The summed E-state index contributed by atoms with van der Waals surface area (Å²) >= 11 is 2.86. The van der Waals surface area contributed by atoms with Gasteiger partial charge in [0.25, 0.3) is 0 Å². The average Bonchev–Trinajstić information content (AvgIpc) is 3.40. The van der Waals surface area contributed by atoms with Gasteiger partial charge in [0, 0.05) is 11.4 Å². The Morgan fingerprint density at radius 2 is 1.83 bits per heavy atom. The number of hydrogen-bond donors (Lipinski definition) is 3. The van der Waals surface area contributed by atoms with Crippen LogP contribution in [0.15, 0.2) is 75.7 Å². The molecule has 7 nitrogen and oxygen atoms in total. The molecule has 0 aliphatic carbocycles. The maximum Gasteiger partial charge on any atom is 0.323 e. The third kappa shape index (κ3) is 5.40. The first-order chi connectivity index (χ1) is 14.7. The van der Waals surface area contributed by atoms with Gasteiger partial charge in [-0.25, -0.2) is 9.78 Å². The summed E-state index contributed by atoms with van der Waals surface area (Å²) in [5.74, 6) is 0.894. The van der Waals surface area contributed by atoms with Crippen molar-refractivity contribution in [2.24, 2.45) is 0 Å². The molecular formula is C21H18N4O3S2. The molecule has 3 N–H and O–H groups in total. The van der Waals surface area contributed by atoms with Gasteiger partial charge in [0.1, 0.15) is 5.76 Å². The smallest absolute Gasteiger partial charge is 0.323 e. The largest absolute Gasteiger partial charge is 0.467 e. The van der Waals surface area contributed by atoms with E-state index in [-0.39, 0.29) is 17.7 Å². The molecule has 0 spiro atoms. The van der Waals surface area contributed by atoms with E-state index in [1.165, 1.54) is 23.1 Å². The topological polar surface area (TPSA) is 96.3 Å². The fourth-order valence-electron chi connectivity index (χ4n) is 2.64. The number of anilines is 2. The number of carbonyl (C=O) groups is 2. The number of benzene rings is 2. The molecular weight excluding hydrogens is 420 g/mol. The van der Waals surface area contributed by atoms with Gasteiger partial charge in [0.2, 0.25) is 5.91 Å². The molecule has 0 fully saturated rings. The second-order valence-electron chi connectivity index (χ2n) is 6.25. The third-order valence-corrected chi connectivity index (χ3v) is 6.19. The van der Waals surface area contributed by atoms with Gasteiger partial charge in [-0.1, -0.05) is 30.0 Å². The number of thioether (sulfide) groups is 1. The molecule has 0 saturated carbocycles. The lowest BCUT2D eigenvalue weighted by Crippen LogP contribution is -2.24. The summed E-state index contributed by atoms with van der Waals surface area (Å²) in [7, 11) is 0. The molecule has 2 aromatic carbocycles. The van der Waals surface area contributed by atoms with Gasteiger partial charge in [-0.15, -0.1) is 11.3 Å². The van der Waals surface area contributed by atoms with Crippen LogP contribution in [0, 0.1) is 0 Å². The number of nitrogens with zero attached hydrogens (tertiary/aromatic N) is 1. The molecule has 0 unspecified atom stereocenters. The van der Waals surface area contributed by atoms with Crippen LogP contribution in [0.5, 0.6) is 0 Å². The van der Waals surface area contributed by atoms with Crippen molar-refractivity contribution in [3.63, 3.8) is 0 Å². The SMILES string of the molecule is O=C(CSc1nc2ccc(NC(=O)Nc3ccccc3)cc2s1)NCc1ccco1. The standard InChI is InChI=1S/C21H18N4O3S2/c26-19(22-12-16-7-4-10-28-16)13-29-21-25-17-9-8-15(11-18(17)30-21)24-20(27)23-14-5-2-1-3-6-14/h1-11H,12-13H2,(H,22,26)(H2,23,24,27). The van der Waals surface area contributed by atoms with Crippen molar-refractivity contribution in [2.75, 3.05) is 16.4 Å². The van der Waals surface area contributed by atoms with E-state index >= 15 is 0 Å². The highest BCUT2D eigenvalue weighted by Gasteiger charge is 2.10. The van der Waals surface area contributed by atoms with Crippen molar-refractivity contribution in [3.8, 4) is 0 Å². The van der Waals surface area contributed by atoms with Crippen LogP contribution in [0.4, 0.5) is 16.2 Å². The van der Waals surface area contributed by atoms with Crippen LogP contribution in [0.1, 0.15) is 5.76 Å². The zero-order valence-corrected chi connectivity index (χ0v) is 17.4. The van der Waals surface area contributed by atoms with Crippen LogP contribution in [0.3, 0.4) is 0 Å². The van der Waals surface area contributed by atoms with E-state index < -0.39 is 0 Å². The van der Waals surface area contributed by atoms with Gasteiger partial charge in [-0.3, -0.25) is 4.79 Å². The predicted molar refractivity (Wildman–Crippen MR) is 120 cm³/mol. The minimum Gasteiger partial charge on any atom is -0.467 e. The lowest BCUT2D eigenvalue weighted by Gasteiger charge is -2.07. The van der Waals surface area contributed by atoms with E-state index in [0.717, 1.165) is 20.2 Å². The van der Waals surface area contributed by atoms with Gasteiger partial charge in [-0.05, 0) is 42.5 Å². The summed E-state index contributed by atoms with van der Waals surface area (Å²) in [6.07, 6.45) is 1.58. The van der Waals surface area contributed by atoms with E-state index in [1.807, 2.05) is 48.5 Å². The first-order valence-electron chi connectivity index (χ1n) is 9.11. The van der Waals surface area contributed by atoms with Crippen LogP contribution < -0.4 is 16.0 Å². The predicted octanol–water partition coefficient (Wildman–Crippen LogP) is 4.94. The normalized spacial score (nSPS) is 10.7. The van der Waals surface area contributed by atoms with Gasteiger partial charge in [0.15, 0.2) is 4.34 Å². The van der Waals surface area contributed by atoms with Crippen molar-refractivity contribution in [1.82, 2.24) is 10.3 Å². The summed E-state index contributed by atoms with van der Waals surface area (Å²) in [4.78, 5) is 28.7. The fourth-order valence-corrected chi connectivity index (χ4v) is 4.57. The number of aromatic nitrogens is 1. The number of rotatable bonds is 7. The number of amides is 3. The highest BCUT2D eigenvalue weighted by molar-refractivity contribution is 8.01. The van der Waals surface area contributed by atoms with Crippen molar-refractivity contribution in [3.05, 3.63) is 72.7 Å². The molecule has 30 heavy (non-hydrogen) atoms. The van der Waals surface area contributed by atoms with Crippen LogP contribution >= 0.6 is 23.1 Å². The third-order valence-electron chi connectivity index (χ3n) is 4.02. The van der Waals surface area contributed by atoms with Gasteiger partial charge in [0.05, 0.1) is 28.8 Å². The molecule has 152 valence electrons. The Labute approximate surface area is 180 Å². The highest BCUT2D eigenvalue weighted by atomic mass is 32.2. The van der Waals surface area contributed by atoms with E-state index in [1.54, 1.807) is 18.4 Å². The molecule has 2 heterocycles. The average molecular weight is 439 g/mol. The summed E-state index contributed by atoms with van der Waals surface area (Å²) < 4.78 is 6.92. The Morgan fingerprint density at radius 3 is 2.63 bits per heavy atom. The van der Waals surface area contributed by atoms with Gasteiger partial charge >= 0.3 is 6.03 Å². The monoisotopic (exact) mass is 438 g/mol. The molecule has 2 aromatic heterocycles. The molecule has 0 saturated heterocycles. The van der Waals surface area contributed by atoms with E-state index in [4.69, 9.17) is 4.42 Å². The molecule has 0 aliphatic heterocycles. The Hall–Kier alpha value is -3.30. The Kier molecular flexibility index (Phi) is 6.31. The molecule has 4 rings (SSSR count). The lowest BCUT2D eigenvalue weighted by molar-refractivity contribution is -0.118. The molecule has 0 atom stereocenters. The van der Waals surface area contributed by atoms with Crippen molar-refractivity contribution in [2.45, 2.75) is 10.9 Å². The van der Waals surface area contributed by atoms with E-state index in [0.29, 0.717) is 18.0 Å². The minimum absolute atomic E-state index is 0.0874. The highest BCUT2D eigenvalue weighted by Crippen LogP contribution is 2.31. The zero-order valence-electron chi connectivity index (χ0n) is 15.8.